The average molecular weight is 781 g/mol. The smallest absolute Gasteiger partial charge is 0.469 e. The monoisotopic (exact) mass is 780 g/mol. The van der Waals surface area contributed by atoms with E-state index >= 15 is 0 Å². The molecule has 5 aliphatic rings. The van der Waals surface area contributed by atoms with Crippen LogP contribution < -0.4 is 15.9 Å². The molecule has 2 aliphatic heterocycles. The number of hydrogen-bond donors (Lipinski definition) is 1. The summed E-state index contributed by atoms with van der Waals surface area (Å²) in [5, 5.41) is 6.38. The van der Waals surface area contributed by atoms with Crippen molar-refractivity contribution in [1.82, 2.24) is 4.90 Å². The van der Waals surface area contributed by atoms with Crippen LogP contribution in [0.5, 0.6) is 0 Å². The van der Waals surface area contributed by atoms with Crippen LogP contribution in [0.3, 0.4) is 0 Å². The zero-order valence-corrected chi connectivity index (χ0v) is 33.4. The van der Waals surface area contributed by atoms with E-state index < -0.39 is 13.3 Å². The Morgan fingerprint density at radius 1 is 0.852 bits per heavy atom. The second-order valence-corrected chi connectivity index (χ2v) is 16.4. The number of rotatable bonds is 10. The molecule has 1 spiro atoms. The number of nitrogens with zero attached hydrogens (tertiary/aromatic N) is 1. The van der Waals surface area contributed by atoms with Crippen molar-refractivity contribution >= 4 is 36.2 Å². The van der Waals surface area contributed by atoms with Crippen LogP contribution >= 0.6 is 7.92 Å². The second-order valence-electron chi connectivity index (χ2n) is 14.3. The molecule has 3 aromatic rings. The van der Waals surface area contributed by atoms with E-state index in [1.54, 1.807) is 0 Å². The Hall–Kier alpha value is -2.95. The number of methoxy groups -OCH3 is 2. The molecular formula is C46H49FeN2O4P+2. The molecule has 2 heterocycles. The fourth-order valence-electron chi connectivity index (χ4n) is 9.28. The summed E-state index contributed by atoms with van der Waals surface area (Å²) in [6, 6.07) is 30.4. The summed E-state index contributed by atoms with van der Waals surface area (Å²) in [6.45, 7) is 5.27. The van der Waals surface area contributed by atoms with Crippen LogP contribution in [0.1, 0.15) is 45.1 Å². The molecule has 8 rings (SSSR count). The Kier molecular flexibility index (Phi) is 13.8. The Balaban J connectivity index is 0.000000767. The van der Waals surface area contributed by atoms with Crippen molar-refractivity contribution in [3.63, 3.8) is 0 Å². The molecule has 5 atom stereocenters. The van der Waals surface area contributed by atoms with Gasteiger partial charge in [0.1, 0.15) is 0 Å². The Morgan fingerprint density at radius 2 is 1.46 bits per heavy atom. The van der Waals surface area contributed by atoms with Gasteiger partial charge in [0, 0.05) is 41.6 Å². The van der Waals surface area contributed by atoms with E-state index in [1.807, 2.05) is 32.1 Å². The number of likely N-dealkylation sites (tertiary alicyclic amines) is 1. The van der Waals surface area contributed by atoms with Crippen LogP contribution in [0.25, 0.3) is 0 Å². The zero-order chi connectivity index (χ0) is 37.0. The number of nitrogens with one attached hydrogen (secondary N) is 1. The molecule has 278 valence electrons. The number of para-hydroxylation sites is 1. The van der Waals surface area contributed by atoms with Gasteiger partial charge < -0.3 is 14.8 Å². The third-order valence-corrected chi connectivity index (χ3v) is 14.1. The molecule has 3 aliphatic carbocycles. The van der Waals surface area contributed by atoms with Crippen LogP contribution in [0.15, 0.2) is 96.2 Å². The number of carbonyl (C=O) groups excluding carboxylic acids is 2. The topological polar surface area (TPSA) is 67.9 Å². The van der Waals surface area contributed by atoms with Gasteiger partial charge >= 0.3 is 29.0 Å². The predicted molar refractivity (Wildman–Crippen MR) is 214 cm³/mol. The first-order chi connectivity index (χ1) is 25.9. The largest absolute Gasteiger partial charge is 2.00 e. The third-order valence-electron chi connectivity index (χ3n) is 11.6. The minimum Gasteiger partial charge on any atom is -0.469 e. The van der Waals surface area contributed by atoms with Crippen molar-refractivity contribution in [3.8, 4) is 0 Å². The summed E-state index contributed by atoms with van der Waals surface area (Å²) in [5.41, 5.74) is 4.93. The molecule has 0 amide bonds. The summed E-state index contributed by atoms with van der Waals surface area (Å²) in [4.78, 5) is 29.2. The minimum absolute atomic E-state index is 0. The SMILES string of the molecule is CCC(C[C@@H]1CC(C(=O)OC)=C2Nc3ccccc3[C@@]23CCN([C@@H](C)[C]2[CH][CH][CH][C]2P(c2ccccc2)c2ccccc2)[C@@H]13)C(=O)OC.[CH]1[CH][CH][CH][CH]1.[Fe+2]. The van der Waals surface area contributed by atoms with Gasteiger partial charge in [-0.1, -0.05) is 85.8 Å². The van der Waals surface area contributed by atoms with Crippen LogP contribution in [0.2, 0.25) is 0 Å². The molecule has 1 saturated heterocycles. The number of carbonyl (C=O) groups is 2. The summed E-state index contributed by atoms with van der Waals surface area (Å²) in [6.07, 6.45) is 19.6. The maximum absolute atomic E-state index is 13.5. The molecule has 0 bridgehead atoms. The van der Waals surface area contributed by atoms with Crippen LogP contribution in [-0.4, -0.2) is 49.7 Å². The van der Waals surface area contributed by atoms with Gasteiger partial charge in [-0.05, 0) is 120 Å². The van der Waals surface area contributed by atoms with Gasteiger partial charge in [-0.2, -0.15) is 0 Å². The van der Waals surface area contributed by atoms with Crippen molar-refractivity contribution in [2.75, 3.05) is 26.1 Å². The first kappa shape index (κ1) is 40.7. The van der Waals surface area contributed by atoms with Crippen LogP contribution in [0.4, 0.5) is 5.69 Å². The minimum atomic E-state index is -0.778. The van der Waals surface area contributed by atoms with Gasteiger partial charge in [0.05, 0.1) is 31.1 Å². The zero-order valence-electron chi connectivity index (χ0n) is 31.4. The Labute approximate surface area is 335 Å². The molecule has 10 radical (unpaired) electrons. The van der Waals surface area contributed by atoms with E-state index in [-0.39, 0.29) is 52.9 Å². The molecule has 54 heavy (non-hydrogen) atoms. The van der Waals surface area contributed by atoms with Crippen molar-refractivity contribution in [2.24, 2.45) is 11.8 Å². The third kappa shape index (κ3) is 7.73. The molecule has 8 heteroatoms. The summed E-state index contributed by atoms with van der Waals surface area (Å²) >= 11 is 0. The molecular weight excluding hydrogens is 731 g/mol. The maximum Gasteiger partial charge on any atom is 2.00 e. The number of esters is 2. The molecule has 0 aromatic heterocycles. The van der Waals surface area contributed by atoms with Crippen molar-refractivity contribution < 1.29 is 36.1 Å². The van der Waals surface area contributed by atoms with Crippen molar-refractivity contribution in [3.05, 3.63) is 165 Å². The van der Waals surface area contributed by atoms with Crippen LogP contribution in [-0.2, 0) is 41.5 Å². The Bertz CT molecular complexity index is 1700. The normalized spacial score (nSPS) is 24.7. The van der Waals surface area contributed by atoms with E-state index in [1.165, 1.54) is 42.0 Å². The van der Waals surface area contributed by atoms with E-state index in [0.717, 1.165) is 24.4 Å². The summed E-state index contributed by atoms with van der Waals surface area (Å²) in [5.74, 6) is 0.651. The number of hydrogen-bond acceptors (Lipinski definition) is 6. The van der Waals surface area contributed by atoms with Gasteiger partial charge in [0.25, 0.3) is 0 Å². The van der Waals surface area contributed by atoms with Gasteiger partial charge in [-0.25, -0.2) is 4.79 Å². The number of benzene rings is 3. The first-order valence-electron chi connectivity index (χ1n) is 18.8. The van der Waals surface area contributed by atoms with Gasteiger partial charge in [0.15, 0.2) is 0 Å². The summed E-state index contributed by atoms with van der Waals surface area (Å²) in [7, 11) is 2.16. The van der Waals surface area contributed by atoms with Gasteiger partial charge in [-0.3, -0.25) is 9.69 Å². The quantitative estimate of drug-likeness (QED) is 0.129. The molecule has 1 N–H and O–H groups in total. The Morgan fingerprint density at radius 3 is 2.06 bits per heavy atom. The van der Waals surface area contributed by atoms with Crippen molar-refractivity contribution in [1.29, 1.82) is 0 Å². The maximum atomic E-state index is 13.5. The summed E-state index contributed by atoms with van der Waals surface area (Å²) < 4.78 is 10.7. The van der Waals surface area contributed by atoms with E-state index in [2.05, 4.69) is 128 Å². The van der Waals surface area contributed by atoms with E-state index in [9.17, 15) is 9.59 Å². The van der Waals surface area contributed by atoms with E-state index in [0.29, 0.717) is 24.8 Å². The number of ether oxygens (including phenoxy) is 2. The molecule has 3 fully saturated rings. The molecule has 6 nitrogen and oxygen atoms in total. The predicted octanol–water partition coefficient (Wildman–Crippen LogP) is 7.73. The second kappa shape index (κ2) is 18.3. The van der Waals surface area contributed by atoms with Crippen molar-refractivity contribution in [2.45, 2.75) is 57.0 Å². The fraction of sp³-hybridized carbons (Fsp3) is 0.304. The standard InChI is InChI=1S/C41H44N2O4P.C5H5.Fe/c1-5-28(39(44)46-3)25-29-26-33(40(45)47-4)37-41(34-20-12-13-21-35(34)42-37)23-24-43(38(29)41)27(2)32-19-14-22-36(32)48(30-15-8-6-9-16-30)31-17-10-7-11-18-31;1-2-4-5-3-1;/h6-22,27-29,38,42H,5,23-26H2,1-4H3;1-5H;/q;;+2/t27-,28?,29+,38-,41-;;/m0../s1. The molecule has 3 aromatic carbocycles. The van der Waals surface area contributed by atoms with Crippen LogP contribution in [0, 0.1) is 74.8 Å². The van der Waals surface area contributed by atoms with E-state index in [4.69, 9.17) is 9.47 Å². The average Bonchev–Trinajstić information content (AvgIpc) is 4.05. The fourth-order valence-corrected chi connectivity index (χ4v) is 11.8. The number of anilines is 1. The first-order valence-corrected chi connectivity index (χ1v) is 20.1. The van der Waals surface area contributed by atoms with Gasteiger partial charge in [-0.15, -0.1) is 0 Å². The molecule has 1 unspecified atom stereocenters. The number of fused-ring (bicyclic) bond motifs is 1. The van der Waals surface area contributed by atoms with Gasteiger partial charge in [0.2, 0.25) is 0 Å². The molecule has 2 saturated carbocycles.